The summed E-state index contributed by atoms with van der Waals surface area (Å²) in [4.78, 5) is 19.0. The van der Waals surface area contributed by atoms with Crippen molar-refractivity contribution < 1.29 is 9.53 Å². The molecule has 2 aromatic heterocycles. The highest BCUT2D eigenvalue weighted by Crippen LogP contribution is 2.29. The molecule has 0 aliphatic rings. The molecule has 2 heterocycles. The molecule has 0 N–H and O–H groups in total. The zero-order valence-corrected chi connectivity index (χ0v) is 18.8. The number of rotatable bonds is 5. The monoisotopic (exact) mass is 439 g/mol. The Bertz CT molecular complexity index is 1240. The van der Waals surface area contributed by atoms with Gasteiger partial charge in [0.15, 0.2) is 4.47 Å². The maximum atomic E-state index is 13.0. The average Bonchev–Trinajstić information content (AvgIpc) is 3.24. The summed E-state index contributed by atoms with van der Waals surface area (Å²) < 4.78 is 9.09. The number of carbonyl (C=O) groups excluding carboxylic acids is 1. The lowest BCUT2D eigenvalue weighted by Gasteiger charge is -2.18. The standard InChI is InChI=1S/C23H22ClN3O2S/c1-14-11-17(15(2)27(14)19-7-5-6-8-20(19)29-4)13-26(3)22(28)16-9-10-18-21(12-16)30-23(24)25-18/h5-12H,13H2,1-4H3. The molecule has 30 heavy (non-hydrogen) atoms. The second kappa shape index (κ2) is 8.13. The fourth-order valence-electron chi connectivity index (χ4n) is 3.75. The van der Waals surface area contributed by atoms with Crippen LogP contribution >= 0.6 is 22.9 Å². The van der Waals surface area contributed by atoms with E-state index in [0.717, 1.165) is 38.6 Å². The van der Waals surface area contributed by atoms with Gasteiger partial charge in [-0.3, -0.25) is 4.79 Å². The van der Waals surface area contributed by atoms with E-state index in [1.54, 1.807) is 18.1 Å². The van der Waals surface area contributed by atoms with Crippen LogP contribution in [0.15, 0.2) is 48.5 Å². The molecular formula is C23H22ClN3O2S. The van der Waals surface area contributed by atoms with Crippen LogP contribution in [-0.2, 0) is 6.54 Å². The summed E-state index contributed by atoms with van der Waals surface area (Å²) in [5.74, 6) is 0.773. The molecule has 0 atom stereocenters. The van der Waals surface area contributed by atoms with Gasteiger partial charge in [-0.25, -0.2) is 4.98 Å². The SMILES string of the molecule is COc1ccccc1-n1c(C)cc(CN(C)C(=O)c2ccc3nc(Cl)sc3c2)c1C. The van der Waals surface area contributed by atoms with Crippen molar-refractivity contribution in [3.63, 3.8) is 0 Å². The van der Waals surface area contributed by atoms with Crippen molar-refractivity contribution in [1.29, 1.82) is 0 Å². The summed E-state index contributed by atoms with van der Waals surface area (Å²) in [5, 5.41) is 0. The van der Waals surface area contributed by atoms with Crippen molar-refractivity contribution in [2.75, 3.05) is 14.2 Å². The van der Waals surface area contributed by atoms with Crippen LogP contribution in [0.1, 0.15) is 27.3 Å². The summed E-state index contributed by atoms with van der Waals surface area (Å²) in [6.07, 6.45) is 0. The Morgan fingerprint density at radius 3 is 2.73 bits per heavy atom. The van der Waals surface area contributed by atoms with Crippen molar-refractivity contribution in [1.82, 2.24) is 14.5 Å². The summed E-state index contributed by atoms with van der Waals surface area (Å²) in [7, 11) is 3.49. The van der Waals surface area contributed by atoms with Gasteiger partial charge in [0.1, 0.15) is 5.75 Å². The molecule has 4 aromatic rings. The zero-order chi connectivity index (χ0) is 21.4. The molecule has 0 bridgehead atoms. The minimum Gasteiger partial charge on any atom is -0.495 e. The number of methoxy groups -OCH3 is 1. The Morgan fingerprint density at radius 1 is 1.20 bits per heavy atom. The van der Waals surface area contributed by atoms with E-state index >= 15 is 0 Å². The van der Waals surface area contributed by atoms with E-state index in [0.29, 0.717) is 16.6 Å². The Hall–Kier alpha value is -2.83. The number of fused-ring (bicyclic) bond motifs is 1. The Kier molecular flexibility index (Phi) is 5.54. The number of hydrogen-bond acceptors (Lipinski definition) is 4. The molecule has 0 aliphatic heterocycles. The molecule has 0 unspecified atom stereocenters. The average molecular weight is 440 g/mol. The summed E-state index contributed by atoms with van der Waals surface area (Å²) in [6.45, 7) is 4.64. The van der Waals surface area contributed by atoms with Gasteiger partial charge in [0, 0.05) is 30.5 Å². The van der Waals surface area contributed by atoms with E-state index in [1.807, 2.05) is 43.4 Å². The highest BCUT2D eigenvalue weighted by atomic mass is 35.5. The highest BCUT2D eigenvalue weighted by molar-refractivity contribution is 7.22. The van der Waals surface area contributed by atoms with E-state index in [9.17, 15) is 4.79 Å². The lowest BCUT2D eigenvalue weighted by molar-refractivity contribution is 0.0785. The van der Waals surface area contributed by atoms with Crippen LogP contribution < -0.4 is 4.74 Å². The first kappa shape index (κ1) is 20.4. The number of aromatic nitrogens is 2. The first-order valence-electron chi connectivity index (χ1n) is 9.52. The second-order valence-electron chi connectivity index (χ2n) is 7.21. The van der Waals surface area contributed by atoms with Crippen LogP contribution in [-0.4, -0.2) is 34.5 Å². The fraction of sp³-hybridized carbons (Fsp3) is 0.217. The summed E-state index contributed by atoms with van der Waals surface area (Å²) in [5.41, 5.74) is 5.70. The molecule has 0 spiro atoms. The van der Waals surface area contributed by atoms with Crippen molar-refractivity contribution in [2.45, 2.75) is 20.4 Å². The number of nitrogens with zero attached hydrogens (tertiary/aromatic N) is 3. The third kappa shape index (κ3) is 3.68. The molecule has 1 amide bonds. The van der Waals surface area contributed by atoms with Crippen LogP contribution in [0, 0.1) is 13.8 Å². The van der Waals surface area contributed by atoms with Crippen molar-refractivity contribution in [2.24, 2.45) is 0 Å². The maximum absolute atomic E-state index is 13.0. The van der Waals surface area contributed by atoms with Crippen LogP contribution in [0.2, 0.25) is 4.47 Å². The topological polar surface area (TPSA) is 47.4 Å². The smallest absolute Gasteiger partial charge is 0.253 e. The molecule has 2 aromatic carbocycles. The maximum Gasteiger partial charge on any atom is 0.253 e. The molecule has 7 heteroatoms. The number of aryl methyl sites for hydroxylation is 1. The van der Waals surface area contributed by atoms with Crippen molar-refractivity contribution in [3.05, 3.63) is 75.5 Å². The Labute approximate surface area is 184 Å². The van der Waals surface area contributed by atoms with Crippen molar-refractivity contribution >= 4 is 39.1 Å². The van der Waals surface area contributed by atoms with Crippen LogP contribution in [0.3, 0.4) is 0 Å². The van der Waals surface area contributed by atoms with Crippen LogP contribution in [0.5, 0.6) is 5.75 Å². The predicted octanol–water partition coefficient (Wildman–Crippen LogP) is 5.64. The number of ether oxygens (including phenoxy) is 1. The number of halogens is 1. The number of hydrogen-bond donors (Lipinski definition) is 0. The summed E-state index contributed by atoms with van der Waals surface area (Å²) in [6, 6.07) is 15.6. The number of carbonyl (C=O) groups is 1. The first-order valence-corrected chi connectivity index (χ1v) is 10.7. The van der Waals surface area contributed by atoms with Gasteiger partial charge in [0.2, 0.25) is 0 Å². The fourth-order valence-corrected chi connectivity index (χ4v) is 4.82. The first-order chi connectivity index (χ1) is 14.4. The van der Waals surface area contributed by atoms with Gasteiger partial charge >= 0.3 is 0 Å². The molecule has 0 fully saturated rings. The quantitative estimate of drug-likeness (QED) is 0.404. The molecular weight excluding hydrogens is 418 g/mol. The van der Waals surface area contributed by atoms with Gasteiger partial charge < -0.3 is 14.2 Å². The molecule has 0 saturated heterocycles. The molecule has 4 rings (SSSR count). The van der Waals surface area contributed by atoms with Crippen molar-refractivity contribution in [3.8, 4) is 11.4 Å². The Balaban J connectivity index is 1.61. The molecule has 0 saturated carbocycles. The third-order valence-corrected chi connectivity index (χ3v) is 6.35. The van der Waals surface area contributed by atoms with Crippen LogP contribution in [0.4, 0.5) is 0 Å². The van der Waals surface area contributed by atoms with Gasteiger partial charge in [0.05, 0.1) is 23.0 Å². The van der Waals surface area contributed by atoms with E-state index < -0.39 is 0 Å². The number of para-hydroxylation sites is 2. The lowest BCUT2D eigenvalue weighted by Crippen LogP contribution is -2.26. The van der Waals surface area contributed by atoms with Gasteiger partial charge in [-0.05, 0) is 55.8 Å². The van der Waals surface area contributed by atoms with E-state index in [2.05, 4.69) is 29.5 Å². The molecule has 154 valence electrons. The van der Waals surface area contributed by atoms with E-state index in [1.165, 1.54) is 11.3 Å². The molecule has 0 radical (unpaired) electrons. The number of benzene rings is 2. The zero-order valence-electron chi connectivity index (χ0n) is 17.3. The van der Waals surface area contributed by atoms with Gasteiger partial charge in [-0.2, -0.15) is 0 Å². The number of thiazole rings is 1. The van der Waals surface area contributed by atoms with Gasteiger partial charge in [-0.1, -0.05) is 23.7 Å². The van der Waals surface area contributed by atoms with Crippen LogP contribution in [0.25, 0.3) is 15.9 Å². The lowest BCUT2D eigenvalue weighted by atomic mass is 10.1. The molecule has 0 aliphatic carbocycles. The van der Waals surface area contributed by atoms with Gasteiger partial charge in [-0.15, -0.1) is 11.3 Å². The normalized spacial score (nSPS) is 11.1. The third-order valence-electron chi connectivity index (χ3n) is 5.23. The highest BCUT2D eigenvalue weighted by Gasteiger charge is 2.18. The van der Waals surface area contributed by atoms with E-state index in [4.69, 9.17) is 16.3 Å². The second-order valence-corrected chi connectivity index (χ2v) is 8.83. The minimum atomic E-state index is -0.0384. The number of amides is 1. The van der Waals surface area contributed by atoms with Gasteiger partial charge in [0.25, 0.3) is 5.91 Å². The largest absolute Gasteiger partial charge is 0.495 e. The molecule has 5 nitrogen and oxygen atoms in total. The van der Waals surface area contributed by atoms with E-state index in [-0.39, 0.29) is 5.91 Å². The Morgan fingerprint density at radius 2 is 1.97 bits per heavy atom. The summed E-state index contributed by atoms with van der Waals surface area (Å²) >= 11 is 7.37. The minimum absolute atomic E-state index is 0.0384. The predicted molar refractivity (Wildman–Crippen MR) is 122 cm³/mol.